The first-order valence-electron chi connectivity index (χ1n) is 11.8. The molecular formula is C25H34N3O3S2+. The molecule has 1 spiro atoms. The lowest BCUT2D eigenvalue weighted by Gasteiger charge is -2.29. The average molecular weight is 489 g/mol. The van der Waals surface area contributed by atoms with Crippen LogP contribution in [-0.4, -0.2) is 51.0 Å². The fraction of sp³-hybridized carbons (Fsp3) is 0.560. The van der Waals surface area contributed by atoms with Crippen molar-refractivity contribution in [3.05, 3.63) is 41.6 Å². The van der Waals surface area contributed by atoms with Gasteiger partial charge in [-0.25, -0.2) is 14.3 Å². The van der Waals surface area contributed by atoms with Crippen molar-refractivity contribution < 1.29 is 19.2 Å². The fourth-order valence-electron chi connectivity index (χ4n) is 5.16. The smallest absolute Gasteiger partial charge is 0.423 e. The van der Waals surface area contributed by atoms with Crippen LogP contribution in [0.15, 0.2) is 34.7 Å². The van der Waals surface area contributed by atoms with E-state index in [1.807, 2.05) is 0 Å². The van der Waals surface area contributed by atoms with E-state index in [9.17, 15) is 9.59 Å². The molecule has 8 heteroatoms. The molecule has 0 radical (unpaired) electrons. The molecule has 0 bridgehead atoms. The Labute approximate surface area is 204 Å². The second kappa shape index (κ2) is 9.76. The second-order valence-corrected chi connectivity index (χ2v) is 12.3. The number of hydrogen-bond donors (Lipinski definition) is 2. The summed E-state index contributed by atoms with van der Waals surface area (Å²) in [4.78, 5) is 28.8. The van der Waals surface area contributed by atoms with Crippen LogP contribution in [0.5, 0.6) is 0 Å². The lowest BCUT2D eigenvalue weighted by atomic mass is 9.82. The lowest BCUT2D eigenvalue weighted by molar-refractivity contribution is -0.745. The van der Waals surface area contributed by atoms with Crippen molar-refractivity contribution in [2.24, 2.45) is 5.92 Å². The highest BCUT2D eigenvalue weighted by molar-refractivity contribution is 8.01. The van der Waals surface area contributed by atoms with Gasteiger partial charge in [-0.3, -0.25) is 10.1 Å². The number of aliphatic carboxylic acids is 1. The Hall–Kier alpha value is -1.90. The Morgan fingerprint density at radius 2 is 1.97 bits per heavy atom. The molecule has 2 N–H and O–H groups in total. The number of aromatic nitrogens is 1. The summed E-state index contributed by atoms with van der Waals surface area (Å²) in [6, 6.07) is 8.85. The first-order chi connectivity index (χ1) is 15.7. The minimum atomic E-state index is -0.859. The number of nitrogens with one attached hydrogen (secondary N) is 1. The number of benzene rings is 1. The van der Waals surface area contributed by atoms with Crippen molar-refractivity contribution in [2.45, 2.75) is 68.5 Å². The lowest BCUT2D eigenvalue weighted by Crippen LogP contribution is -2.47. The minimum Gasteiger partial charge on any atom is -0.481 e. The number of carbonyl (C=O) groups excluding carboxylic acids is 1. The van der Waals surface area contributed by atoms with Gasteiger partial charge in [-0.15, -0.1) is 11.8 Å². The summed E-state index contributed by atoms with van der Waals surface area (Å²) < 4.78 is 1.29. The van der Waals surface area contributed by atoms with Crippen LogP contribution in [0, 0.1) is 5.92 Å². The molecule has 1 aliphatic heterocycles. The van der Waals surface area contributed by atoms with Crippen LogP contribution >= 0.6 is 23.1 Å². The molecule has 33 heavy (non-hydrogen) atoms. The van der Waals surface area contributed by atoms with Crippen LogP contribution in [-0.2, 0) is 11.2 Å². The highest BCUT2D eigenvalue weighted by Gasteiger charge is 2.73. The molecule has 1 atom stereocenters. The zero-order chi connectivity index (χ0) is 23.6. The maximum atomic E-state index is 13.6. The SMILES string of the molecule is CC1CCC2(CC1)C[N+]2(CCc1ccc(C(C)C)cc1)C(=O)Nc1ncc(SCC(=O)O)s1. The van der Waals surface area contributed by atoms with Crippen LogP contribution in [0.2, 0.25) is 0 Å². The van der Waals surface area contributed by atoms with E-state index in [-0.39, 0.29) is 17.3 Å². The van der Waals surface area contributed by atoms with Crippen molar-refractivity contribution in [2.75, 3.05) is 24.2 Å². The Balaban J connectivity index is 1.47. The second-order valence-electron chi connectivity index (χ2n) is 10.00. The average Bonchev–Trinajstić information content (AvgIpc) is 3.19. The number of thioether (sulfide) groups is 1. The molecule has 2 amide bonds. The van der Waals surface area contributed by atoms with E-state index in [0.717, 1.165) is 42.5 Å². The summed E-state index contributed by atoms with van der Waals surface area (Å²) in [6.45, 7) is 8.42. The van der Waals surface area contributed by atoms with E-state index in [4.69, 9.17) is 5.11 Å². The number of quaternary nitrogens is 1. The van der Waals surface area contributed by atoms with E-state index >= 15 is 0 Å². The summed E-state index contributed by atoms with van der Waals surface area (Å²) >= 11 is 2.58. The number of thiazole rings is 1. The monoisotopic (exact) mass is 488 g/mol. The Morgan fingerprint density at radius 3 is 2.61 bits per heavy atom. The molecule has 1 saturated carbocycles. The van der Waals surface area contributed by atoms with Gasteiger partial charge in [0.2, 0.25) is 0 Å². The molecule has 1 unspecified atom stereocenters. The van der Waals surface area contributed by atoms with E-state index in [1.54, 1.807) is 6.20 Å². The number of anilines is 1. The standard InChI is InChI=1S/C25H33N3O3S2/c1-17(2)20-6-4-19(5-7-20)10-13-28(16-25(28)11-8-18(3)9-12-25)24(31)27-23-26-14-22(33-23)32-15-21(29)30/h4-7,14,17-18H,8-13,15-16H2,1-3H3,(H-,26,27,29,30,31)/p+1. The molecule has 6 nitrogen and oxygen atoms in total. The Kier molecular flexibility index (Phi) is 7.17. The van der Waals surface area contributed by atoms with Crippen molar-refractivity contribution in [3.63, 3.8) is 0 Å². The van der Waals surface area contributed by atoms with E-state index in [0.29, 0.717) is 15.5 Å². The first kappa shape index (κ1) is 24.2. The zero-order valence-corrected chi connectivity index (χ0v) is 21.3. The van der Waals surface area contributed by atoms with Crippen LogP contribution < -0.4 is 5.32 Å². The Morgan fingerprint density at radius 1 is 1.27 bits per heavy atom. The highest BCUT2D eigenvalue weighted by Crippen LogP contribution is 2.54. The van der Waals surface area contributed by atoms with Crippen LogP contribution in [0.3, 0.4) is 0 Å². The van der Waals surface area contributed by atoms with Crippen molar-refractivity contribution in [1.29, 1.82) is 0 Å². The number of carbonyl (C=O) groups is 2. The molecule has 178 valence electrons. The van der Waals surface area contributed by atoms with Crippen LogP contribution in [0.4, 0.5) is 9.93 Å². The van der Waals surface area contributed by atoms with Crippen molar-refractivity contribution in [3.8, 4) is 0 Å². The van der Waals surface area contributed by atoms with Crippen LogP contribution in [0.25, 0.3) is 0 Å². The summed E-state index contributed by atoms with van der Waals surface area (Å²) in [5.41, 5.74) is 2.68. The molecule has 2 aromatic rings. The number of carboxylic acid groups (broad SMARTS) is 1. The van der Waals surface area contributed by atoms with Gasteiger partial charge in [0.25, 0.3) is 0 Å². The fourth-order valence-corrected chi connectivity index (χ4v) is 6.74. The van der Waals surface area contributed by atoms with Crippen LogP contribution in [0.1, 0.15) is 63.5 Å². The number of urea groups is 1. The highest BCUT2D eigenvalue weighted by atomic mass is 32.2. The van der Waals surface area contributed by atoms with Gasteiger partial charge in [-0.1, -0.05) is 56.4 Å². The van der Waals surface area contributed by atoms with Gasteiger partial charge in [0, 0.05) is 19.3 Å². The van der Waals surface area contributed by atoms with Gasteiger partial charge >= 0.3 is 12.0 Å². The topological polar surface area (TPSA) is 79.3 Å². The number of rotatable bonds is 8. The molecular weight excluding hydrogens is 454 g/mol. The van der Waals surface area contributed by atoms with Gasteiger partial charge in [0.15, 0.2) is 10.7 Å². The summed E-state index contributed by atoms with van der Waals surface area (Å²) in [5, 5.41) is 12.5. The van der Waals surface area contributed by atoms with Gasteiger partial charge in [-0.05, 0) is 35.8 Å². The predicted molar refractivity (Wildman–Crippen MR) is 134 cm³/mol. The number of carboxylic acids is 1. The third-order valence-corrected chi connectivity index (χ3v) is 9.52. The maximum Gasteiger partial charge on any atom is 0.423 e. The first-order valence-corrected chi connectivity index (χ1v) is 13.6. The largest absolute Gasteiger partial charge is 0.481 e. The molecule has 2 heterocycles. The van der Waals surface area contributed by atoms with E-state index < -0.39 is 5.97 Å². The van der Waals surface area contributed by atoms with Gasteiger partial charge in [-0.2, -0.15) is 0 Å². The normalized spacial score (nSPS) is 26.5. The van der Waals surface area contributed by atoms with Gasteiger partial charge in [0.05, 0.1) is 22.7 Å². The van der Waals surface area contributed by atoms with E-state index in [1.165, 1.54) is 47.1 Å². The molecule has 2 aliphatic rings. The molecule has 1 saturated heterocycles. The maximum absolute atomic E-state index is 13.6. The zero-order valence-electron chi connectivity index (χ0n) is 19.7. The molecule has 1 aromatic carbocycles. The molecule has 1 aliphatic carbocycles. The van der Waals surface area contributed by atoms with Gasteiger partial charge < -0.3 is 5.11 Å². The third kappa shape index (κ3) is 5.28. The third-order valence-electron chi connectivity index (χ3n) is 7.43. The Bertz CT molecular complexity index is 997. The van der Waals surface area contributed by atoms with Crippen molar-refractivity contribution in [1.82, 2.24) is 4.98 Å². The number of amides is 2. The number of nitrogens with zero attached hydrogens (tertiary/aromatic N) is 2. The molecule has 2 fully saturated rings. The molecule has 1 aromatic heterocycles. The van der Waals surface area contributed by atoms with Gasteiger partial charge in [0.1, 0.15) is 6.54 Å². The van der Waals surface area contributed by atoms with Crippen molar-refractivity contribution >= 4 is 40.2 Å². The summed E-state index contributed by atoms with van der Waals surface area (Å²) in [6.07, 6.45) is 7.10. The summed E-state index contributed by atoms with van der Waals surface area (Å²) in [5.74, 6) is 0.381. The minimum absolute atomic E-state index is 0.00747. The molecule has 4 rings (SSSR count). The quantitative estimate of drug-likeness (QED) is 0.271. The summed E-state index contributed by atoms with van der Waals surface area (Å²) in [7, 11) is 0. The predicted octanol–water partition coefficient (Wildman–Crippen LogP) is 6.00. The van der Waals surface area contributed by atoms with E-state index in [2.05, 4.69) is 55.3 Å². The number of hydrogen-bond acceptors (Lipinski definition) is 5.